The van der Waals surface area contributed by atoms with Crippen molar-refractivity contribution >= 4 is 23.2 Å². The van der Waals surface area contributed by atoms with E-state index in [4.69, 9.17) is 0 Å². The van der Waals surface area contributed by atoms with Crippen LogP contribution in [0.25, 0.3) is 0 Å². The van der Waals surface area contributed by atoms with Crippen molar-refractivity contribution in [2.24, 2.45) is 0 Å². The van der Waals surface area contributed by atoms with Crippen LogP contribution in [-0.4, -0.2) is 17.9 Å². The van der Waals surface area contributed by atoms with Crippen molar-refractivity contribution in [1.29, 1.82) is 0 Å². The molecular formula is C20H22N2O2. The highest BCUT2D eigenvalue weighted by molar-refractivity contribution is 6.23. The molecule has 1 atom stereocenters. The predicted molar refractivity (Wildman–Crippen MR) is 96.3 cm³/mol. The van der Waals surface area contributed by atoms with Gasteiger partial charge in [-0.15, -0.1) is 0 Å². The van der Waals surface area contributed by atoms with Gasteiger partial charge in [0.1, 0.15) is 6.04 Å². The van der Waals surface area contributed by atoms with E-state index in [1.165, 1.54) is 4.90 Å². The molecule has 1 saturated heterocycles. The molecule has 2 aromatic carbocycles. The van der Waals surface area contributed by atoms with Crippen molar-refractivity contribution in [3.63, 3.8) is 0 Å². The molecule has 0 aromatic heterocycles. The molecule has 4 heteroatoms. The van der Waals surface area contributed by atoms with Gasteiger partial charge in [0.15, 0.2) is 0 Å². The van der Waals surface area contributed by atoms with Crippen LogP contribution in [0.15, 0.2) is 42.5 Å². The topological polar surface area (TPSA) is 49.4 Å². The number of carbonyl (C=O) groups is 2. The molecule has 0 spiro atoms. The van der Waals surface area contributed by atoms with E-state index >= 15 is 0 Å². The molecule has 1 aliphatic rings. The second-order valence-corrected chi connectivity index (χ2v) is 6.22. The summed E-state index contributed by atoms with van der Waals surface area (Å²) in [6.07, 6.45) is 0.965. The van der Waals surface area contributed by atoms with Crippen LogP contribution < -0.4 is 10.2 Å². The molecule has 1 aliphatic heterocycles. The predicted octanol–water partition coefficient (Wildman–Crippen LogP) is 3.61. The lowest BCUT2D eigenvalue weighted by Crippen LogP contribution is -2.35. The minimum atomic E-state index is -0.512. The van der Waals surface area contributed by atoms with E-state index in [0.29, 0.717) is 5.69 Å². The second-order valence-electron chi connectivity index (χ2n) is 6.22. The van der Waals surface area contributed by atoms with Gasteiger partial charge < -0.3 is 5.32 Å². The molecule has 1 heterocycles. The molecule has 1 N–H and O–H groups in total. The van der Waals surface area contributed by atoms with Crippen molar-refractivity contribution in [1.82, 2.24) is 0 Å². The van der Waals surface area contributed by atoms with E-state index in [0.717, 1.165) is 28.8 Å². The van der Waals surface area contributed by atoms with E-state index in [-0.39, 0.29) is 18.2 Å². The molecule has 1 fully saturated rings. The number of aryl methyl sites for hydroxylation is 3. The minimum absolute atomic E-state index is 0.148. The zero-order valence-corrected chi connectivity index (χ0v) is 14.3. The summed E-state index contributed by atoms with van der Waals surface area (Å²) in [7, 11) is 0. The highest BCUT2D eigenvalue weighted by atomic mass is 16.2. The van der Waals surface area contributed by atoms with Crippen LogP contribution in [0, 0.1) is 13.8 Å². The first-order valence-corrected chi connectivity index (χ1v) is 8.30. The van der Waals surface area contributed by atoms with E-state index in [1.807, 2.05) is 63.2 Å². The van der Waals surface area contributed by atoms with Gasteiger partial charge in [0.05, 0.1) is 12.1 Å². The van der Waals surface area contributed by atoms with Crippen molar-refractivity contribution in [2.75, 3.05) is 10.2 Å². The van der Waals surface area contributed by atoms with E-state index in [1.54, 1.807) is 0 Å². The maximum Gasteiger partial charge on any atom is 0.256 e. The standard InChI is InChI=1S/C20H22N2O2/c1-4-15-10-5-6-11-17(15)22-18(23)12-16(20(22)24)21-19-13(2)8-7-9-14(19)3/h5-11,16,21H,4,12H2,1-3H3. The van der Waals surface area contributed by atoms with Crippen molar-refractivity contribution in [2.45, 2.75) is 39.7 Å². The van der Waals surface area contributed by atoms with Crippen LogP contribution in [0.3, 0.4) is 0 Å². The summed E-state index contributed by atoms with van der Waals surface area (Å²) < 4.78 is 0. The van der Waals surface area contributed by atoms with Gasteiger partial charge >= 0.3 is 0 Å². The molecule has 2 aromatic rings. The van der Waals surface area contributed by atoms with Gasteiger partial charge in [-0.1, -0.05) is 43.3 Å². The highest BCUT2D eigenvalue weighted by Gasteiger charge is 2.40. The lowest BCUT2D eigenvalue weighted by Gasteiger charge is -2.20. The second kappa shape index (κ2) is 6.48. The third-order valence-electron chi connectivity index (χ3n) is 4.56. The summed E-state index contributed by atoms with van der Waals surface area (Å²) in [5, 5.41) is 3.28. The summed E-state index contributed by atoms with van der Waals surface area (Å²) in [5.41, 5.74) is 4.80. The third-order valence-corrected chi connectivity index (χ3v) is 4.56. The van der Waals surface area contributed by atoms with Crippen LogP contribution in [0.5, 0.6) is 0 Å². The maximum absolute atomic E-state index is 12.9. The van der Waals surface area contributed by atoms with Gasteiger partial charge in [0.25, 0.3) is 5.91 Å². The molecule has 0 saturated carbocycles. The molecule has 4 nitrogen and oxygen atoms in total. The van der Waals surface area contributed by atoms with E-state index < -0.39 is 6.04 Å². The summed E-state index contributed by atoms with van der Waals surface area (Å²) in [6, 6.07) is 13.1. The fourth-order valence-electron chi connectivity index (χ4n) is 3.24. The van der Waals surface area contributed by atoms with Crippen LogP contribution in [0.4, 0.5) is 11.4 Å². The quantitative estimate of drug-likeness (QED) is 0.875. The largest absolute Gasteiger partial charge is 0.373 e. The average molecular weight is 322 g/mol. The molecular weight excluding hydrogens is 300 g/mol. The summed E-state index contributed by atoms with van der Waals surface area (Å²) in [4.78, 5) is 26.7. The maximum atomic E-state index is 12.9. The van der Waals surface area contributed by atoms with Gasteiger partial charge in [-0.05, 0) is 43.0 Å². The van der Waals surface area contributed by atoms with Crippen molar-refractivity contribution < 1.29 is 9.59 Å². The number of imide groups is 1. The summed E-state index contributed by atoms with van der Waals surface area (Å²) in [5.74, 6) is -0.326. The Morgan fingerprint density at radius 2 is 1.71 bits per heavy atom. The van der Waals surface area contributed by atoms with Crippen molar-refractivity contribution in [3.8, 4) is 0 Å². The Labute approximate surface area is 142 Å². The van der Waals surface area contributed by atoms with Gasteiger partial charge in [0.2, 0.25) is 5.91 Å². The number of carbonyl (C=O) groups excluding carboxylic acids is 2. The number of benzene rings is 2. The number of rotatable bonds is 4. The van der Waals surface area contributed by atoms with Gasteiger partial charge in [-0.3, -0.25) is 9.59 Å². The first kappa shape index (κ1) is 16.2. The Balaban J connectivity index is 1.90. The molecule has 0 radical (unpaired) electrons. The van der Waals surface area contributed by atoms with Crippen LogP contribution in [0.2, 0.25) is 0 Å². The fraction of sp³-hybridized carbons (Fsp3) is 0.300. The van der Waals surface area contributed by atoms with Crippen LogP contribution >= 0.6 is 0 Å². The number of para-hydroxylation sites is 2. The number of nitrogens with zero attached hydrogens (tertiary/aromatic N) is 1. The zero-order valence-electron chi connectivity index (χ0n) is 14.3. The van der Waals surface area contributed by atoms with Gasteiger partial charge in [-0.2, -0.15) is 0 Å². The molecule has 2 amide bonds. The Hall–Kier alpha value is -2.62. The smallest absolute Gasteiger partial charge is 0.256 e. The van der Waals surface area contributed by atoms with Crippen LogP contribution in [-0.2, 0) is 16.0 Å². The Morgan fingerprint density at radius 3 is 2.38 bits per heavy atom. The Morgan fingerprint density at radius 1 is 1.04 bits per heavy atom. The molecule has 3 rings (SSSR count). The Kier molecular flexibility index (Phi) is 4.38. The molecule has 1 unspecified atom stereocenters. The number of hydrogen-bond donors (Lipinski definition) is 1. The number of anilines is 2. The highest BCUT2D eigenvalue weighted by Crippen LogP contribution is 2.29. The minimum Gasteiger partial charge on any atom is -0.373 e. The Bertz CT molecular complexity index is 778. The first-order chi connectivity index (χ1) is 11.5. The number of hydrogen-bond acceptors (Lipinski definition) is 3. The lowest BCUT2D eigenvalue weighted by atomic mass is 10.1. The fourth-order valence-corrected chi connectivity index (χ4v) is 3.24. The van der Waals surface area contributed by atoms with Crippen LogP contribution in [0.1, 0.15) is 30.0 Å². The average Bonchev–Trinajstić information content (AvgIpc) is 2.85. The SMILES string of the molecule is CCc1ccccc1N1C(=O)CC(Nc2c(C)cccc2C)C1=O. The first-order valence-electron chi connectivity index (χ1n) is 8.30. The number of nitrogens with one attached hydrogen (secondary N) is 1. The monoisotopic (exact) mass is 322 g/mol. The molecule has 0 aliphatic carbocycles. The number of amides is 2. The van der Waals surface area contributed by atoms with Gasteiger partial charge in [0, 0.05) is 5.69 Å². The zero-order chi connectivity index (χ0) is 17.3. The molecule has 124 valence electrons. The third kappa shape index (κ3) is 2.80. The van der Waals surface area contributed by atoms with E-state index in [2.05, 4.69) is 5.32 Å². The summed E-state index contributed by atoms with van der Waals surface area (Å²) in [6.45, 7) is 6.03. The molecule has 0 bridgehead atoms. The van der Waals surface area contributed by atoms with Gasteiger partial charge in [-0.25, -0.2) is 4.90 Å². The summed E-state index contributed by atoms with van der Waals surface area (Å²) >= 11 is 0. The lowest BCUT2D eigenvalue weighted by molar-refractivity contribution is -0.121. The van der Waals surface area contributed by atoms with Crippen molar-refractivity contribution in [3.05, 3.63) is 59.2 Å². The molecule has 24 heavy (non-hydrogen) atoms. The van der Waals surface area contributed by atoms with E-state index in [9.17, 15) is 9.59 Å². The normalized spacial score (nSPS) is 17.5.